The van der Waals surface area contributed by atoms with E-state index in [-0.39, 0.29) is 0 Å². The van der Waals surface area contributed by atoms with Gasteiger partial charge in [-0.1, -0.05) is 51.5 Å². The number of allylic oxidation sites excluding steroid dienone is 2. The Morgan fingerprint density at radius 3 is 2.47 bits per heavy atom. The predicted molar refractivity (Wildman–Crippen MR) is 80.6 cm³/mol. The van der Waals surface area contributed by atoms with Gasteiger partial charge in [0.15, 0.2) is 0 Å². The zero-order valence-corrected chi connectivity index (χ0v) is 12.5. The van der Waals surface area contributed by atoms with Gasteiger partial charge in [0.25, 0.3) is 0 Å². The maximum absolute atomic E-state index is 8.91. The second-order valence-corrected chi connectivity index (χ2v) is 6.65. The van der Waals surface area contributed by atoms with E-state index in [0.29, 0.717) is 0 Å². The molecule has 1 atom stereocenters. The van der Waals surface area contributed by atoms with Crippen LogP contribution in [0.1, 0.15) is 77.6 Å². The van der Waals surface area contributed by atoms with Gasteiger partial charge in [0.05, 0.1) is 6.07 Å². The highest BCUT2D eigenvalue weighted by atomic mass is 14.3. The van der Waals surface area contributed by atoms with Crippen molar-refractivity contribution in [2.45, 2.75) is 77.6 Å². The van der Waals surface area contributed by atoms with Gasteiger partial charge in [-0.25, -0.2) is 0 Å². The Bertz CT molecular complexity index is 328. The molecular formula is C18H29N. The first-order valence-corrected chi connectivity index (χ1v) is 8.42. The summed E-state index contributed by atoms with van der Waals surface area (Å²) in [5.41, 5.74) is 1.03. The van der Waals surface area contributed by atoms with Gasteiger partial charge in [0.2, 0.25) is 0 Å². The van der Waals surface area contributed by atoms with Gasteiger partial charge in [-0.15, -0.1) is 0 Å². The molecule has 0 saturated heterocycles. The minimum absolute atomic E-state index is 0.883. The number of nitrogens with zero attached hydrogens (tertiary/aromatic N) is 1. The van der Waals surface area contributed by atoms with E-state index in [2.05, 4.69) is 19.1 Å². The quantitative estimate of drug-likeness (QED) is 0.587. The Balaban J connectivity index is 1.69. The molecule has 1 heteroatoms. The molecule has 19 heavy (non-hydrogen) atoms. The van der Waals surface area contributed by atoms with E-state index in [1.807, 2.05) is 0 Å². The van der Waals surface area contributed by atoms with Crippen LogP contribution < -0.4 is 0 Å². The van der Waals surface area contributed by atoms with Crippen LogP contribution in [0.4, 0.5) is 0 Å². The second-order valence-electron chi connectivity index (χ2n) is 6.65. The van der Waals surface area contributed by atoms with E-state index < -0.39 is 0 Å². The lowest BCUT2D eigenvalue weighted by Gasteiger charge is -2.35. The zero-order chi connectivity index (χ0) is 13.5. The number of nitriles is 1. The van der Waals surface area contributed by atoms with Crippen molar-refractivity contribution in [3.8, 4) is 6.07 Å². The highest BCUT2D eigenvalue weighted by Gasteiger charge is 2.28. The third-order valence-electron chi connectivity index (χ3n) is 5.37. The van der Waals surface area contributed by atoms with Gasteiger partial charge < -0.3 is 0 Å². The summed E-state index contributed by atoms with van der Waals surface area (Å²) in [7, 11) is 0. The monoisotopic (exact) mass is 259 g/mol. The van der Waals surface area contributed by atoms with Crippen molar-refractivity contribution in [1.29, 1.82) is 5.26 Å². The molecular weight excluding hydrogens is 230 g/mol. The molecule has 2 aliphatic rings. The Hall–Kier alpha value is -0.770. The van der Waals surface area contributed by atoms with Crippen molar-refractivity contribution in [2.24, 2.45) is 17.8 Å². The first-order chi connectivity index (χ1) is 9.33. The lowest BCUT2D eigenvalue weighted by Crippen LogP contribution is -2.23. The maximum atomic E-state index is 8.91. The summed E-state index contributed by atoms with van der Waals surface area (Å²) in [5.74, 6) is 2.87. The largest absolute Gasteiger partial charge is 0.193 e. The van der Waals surface area contributed by atoms with Gasteiger partial charge in [-0.3, -0.25) is 0 Å². The molecule has 1 fully saturated rings. The summed E-state index contributed by atoms with van der Waals surface area (Å²) in [6, 6.07) is 2.32. The molecule has 1 unspecified atom stereocenters. The number of hydrogen-bond donors (Lipinski definition) is 0. The molecule has 0 aliphatic heterocycles. The lowest BCUT2D eigenvalue weighted by molar-refractivity contribution is 0.186. The topological polar surface area (TPSA) is 23.8 Å². The molecule has 2 rings (SSSR count). The molecule has 0 amide bonds. The molecule has 0 N–H and O–H groups in total. The Labute approximate surface area is 119 Å². The fraction of sp³-hybridized carbons (Fsp3) is 0.833. The smallest absolute Gasteiger partial charge is 0.0943 e. The average Bonchev–Trinajstić information content (AvgIpc) is 2.48. The first-order valence-electron chi connectivity index (χ1n) is 8.42. The molecule has 2 aliphatic carbocycles. The van der Waals surface area contributed by atoms with Crippen molar-refractivity contribution >= 4 is 0 Å². The number of unbranched alkanes of at least 4 members (excludes halogenated alkanes) is 2. The van der Waals surface area contributed by atoms with Gasteiger partial charge in [0, 0.05) is 5.57 Å². The summed E-state index contributed by atoms with van der Waals surface area (Å²) in [6.45, 7) is 2.29. The predicted octanol–water partition coefficient (Wildman–Crippen LogP) is 5.62. The van der Waals surface area contributed by atoms with E-state index in [1.165, 1.54) is 64.2 Å². The van der Waals surface area contributed by atoms with E-state index in [4.69, 9.17) is 5.26 Å². The van der Waals surface area contributed by atoms with Gasteiger partial charge in [0.1, 0.15) is 0 Å². The molecule has 1 nitrogen and oxygen atoms in total. The van der Waals surface area contributed by atoms with Crippen LogP contribution in [-0.4, -0.2) is 0 Å². The summed E-state index contributed by atoms with van der Waals surface area (Å²) in [5, 5.41) is 8.91. The van der Waals surface area contributed by atoms with Crippen LogP contribution in [0.2, 0.25) is 0 Å². The summed E-state index contributed by atoms with van der Waals surface area (Å²) in [4.78, 5) is 0. The van der Waals surface area contributed by atoms with Gasteiger partial charge in [-0.2, -0.15) is 5.26 Å². The van der Waals surface area contributed by atoms with Crippen LogP contribution >= 0.6 is 0 Å². The van der Waals surface area contributed by atoms with Gasteiger partial charge >= 0.3 is 0 Å². The Morgan fingerprint density at radius 1 is 1.11 bits per heavy atom. The van der Waals surface area contributed by atoms with E-state index >= 15 is 0 Å². The minimum atomic E-state index is 0.883. The van der Waals surface area contributed by atoms with Crippen molar-refractivity contribution in [3.05, 3.63) is 11.6 Å². The lowest BCUT2D eigenvalue weighted by atomic mass is 9.71. The van der Waals surface area contributed by atoms with Gasteiger partial charge in [-0.05, 0) is 49.9 Å². The third-order valence-corrected chi connectivity index (χ3v) is 5.37. The standard InChI is InChI=1S/C18H29N/c1-2-3-4-5-15-6-10-17(11-7-15)18-12-8-16(14-19)9-13-18/h8,15,17-18H,2-7,9-13H2,1H3/t15-,17-,18?. The SMILES string of the molecule is CCCCC[C@H]1CC[C@H](C2CC=C(C#N)CC2)CC1. The first kappa shape index (κ1) is 14.6. The normalized spacial score (nSPS) is 31.6. The molecule has 1 saturated carbocycles. The molecule has 0 heterocycles. The molecule has 0 spiro atoms. The second kappa shape index (κ2) is 7.73. The van der Waals surface area contributed by atoms with E-state index in [9.17, 15) is 0 Å². The average molecular weight is 259 g/mol. The van der Waals surface area contributed by atoms with Crippen molar-refractivity contribution in [2.75, 3.05) is 0 Å². The van der Waals surface area contributed by atoms with Crippen molar-refractivity contribution < 1.29 is 0 Å². The number of rotatable bonds is 5. The molecule has 0 aromatic rings. The molecule has 0 bridgehead atoms. The van der Waals surface area contributed by atoms with E-state index in [1.54, 1.807) is 0 Å². The van der Waals surface area contributed by atoms with Crippen LogP contribution in [0.25, 0.3) is 0 Å². The Kier molecular flexibility index (Phi) is 5.95. The van der Waals surface area contributed by atoms with Crippen LogP contribution in [0, 0.1) is 29.1 Å². The molecule has 0 aromatic heterocycles. The summed E-state index contributed by atoms with van der Waals surface area (Å²) >= 11 is 0. The highest BCUT2D eigenvalue weighted by molar-refractivity contribution is 5.22. The number of hydrogen-bond acceptors (Lipinski definition) is 1. The fourth-order valence-electron chi connectivity index (χ4n) is 4.02. The van der Waals surface area contributed by atoms with E-state index in [0.717, 1.165) is 29.7 Å². The van der Waals surface area contributed by atoms with Crippen molar-refractivity contribution in [3.63, 3.8) is 0 Å². The fourth-order valence-corrected chi connectivity index (χ4v) is 4.02. The summed E-state index contributed by atoms with van der Waals surface area (Å²) in [6.07, 6.45) is 17.2. The molecule has 106 valence electrons. The zero-order valence-electron chi connectivity index (χ0n) is 12.5. The summed E-state index contributed by atoms with van der Waals surface area (Å²) < 4.78 is 0. The third kappa shape index (κ3) is 4.37. The maximum Gasteiger partial charge on any atom is 0.0943 e. The van der Waals surface area contributed by atoms with Crippen LogP contribution in [0.5, 0.6) is 0 Å². The van der Waals surface area contributed by atoms with Crippen LogP contribution in [-0.2, 0) is 0 Å². The minimum Gasteiger partial charge on any atom is -0.193 e. The molecule has 0 radical (unpaired) electrons. The van der Waals surface area contributed by atoms with Crippen LogP contribution in [0.15, 0.2) is 11.6 Å². The molecule has 0 aromatic carbocycles. The highest BCUT2D eigenvalue weighted by Crippen LogP contribution is 2.40. The Morgan fingerprint density at radius 2 is 1.89 bits per heavy atom. The van der Waals surface area contributed by atoms with Crippen molar-refractivity contribution in [1.82, 2.24) is 0 Å². The van der Waals surface area contributed by atoms with Crippen LogP contribution in [0.3, 0.4) is 0 Å².